The summed E-state index contributed by atoms with van der Waals surface area (Å²) >= 11 is 6.33. The van der Waals surface area contributed by atoms with Gasteiger partial charge in [0.25, 0.3) is 5.91 Å². The van der Waals surface area contributed by atoms with Gasteiger partial charge in [0.1, 0.15) is 0 Å². The number of halogens is 1. The van der Waals surface area contributed by atoms with Crippen molar-refractivity contribution in [1.82, 2.24) is 0 Å². The maximum Gasteiger partial charge on any atom is 0.331 e. The average molecular weight is 420 g/mol. The van der Waals surface area contributed by atoms with Crippen LogP contribution in [0.5, 0.6) is 0 Å². The number of anilines is 1. The summed E-state index contributed by atoms with van der Waals surface area (Å²) in [5.41, 5.74) is 3.22. The number of carbonyl (C=O) groups is 2. The molecule has 3 aromatic rings. The molecule has 1 amide bonds. The monoisotopic (exact) mass is 419 g/mol. The molecule has 0 aliphatic rings. The second-order valence-electron chi connectivity index (χ2n) is 6.77. The van der Waals surface area contributed by atoms with E-state index in [4.69, 9.17) is 11.6 Å². The molecule has 3 rings (SSSR count). The topological polar surface area (TPSA) is 57.6 Å². The van der Waals surface area contributed by atoms with Crippen molar-refractivity contribution in [2.24, 2.45) is 0 Å². The summed E-state index contributed by atoms with van der Waals surface area (Å²) in [5, 5.41) is 9.83. The van der Waals surface area contributed by atoms with Crippen LogP contribution in [-0.4, -0.2) is 17.0 Å². The van der Waals surface area contributed by atoms with Crippen LogP contribution < -0.4 is 4.90 Å². The highest BCUT2D eigenvalue weighted by Crippen LogP contribution is 2.25. The highest BCUT2D eigenvalue weighted by atomic mass is 35.5. The van der Waals surface area contributed by atoms with Crippen LogP contribution >= 0.6 is 11.6 Å². The van der Waals surface area contributed by atoms with Gasteiger partial charge in [0.2, 0.25) is 0 Å². The predicted molar refractivity (Wildman–Crippen MR) is 121 cm³/mol. The zero-order chi connectivity index (χ0) is 21.5. The van der Waals surface area contributed by atoms with E-state index in [0.29, 0.717) is 34.8 Å². The zero-order valence-corrected chi connectivity index (χ0v) is 17.3. The summed E-state index contributed by atoms with van der Waals surface area (Å²) in [5.74, 6) is -1.07. The van der Waals surface area contributed by atoms with Gasteiger partial charge in [-0.05, 0) is 54.0 Å². The molecule has 30 heavy (non-hydrogen) atoms. The van der Waals surface area contributed by atoms with Crippen LogP contribution in [0.2, 0.25) is 5.02 Å². The van der Waals surface area contributed by atoms with Crippen molar-refractivity contribution in [1.29, 1.82) is 0 Å². The lowest BCUT2D eigenvalue weighted by atomic mass is 10.1. The largest absolute Gasteiger partial charge is 0.478 e. The third-order valence-electron chi connectivity index (χ3n) is 4.75. The van der Waals surface area contributed by atoms with E-state index in [1.165, 1.54) is 0 Å². The first-order valence-electron chi connectivity index (χ1n) is 9.64. The standard InChI is InChI=1S/C25H22ClNO3/c1-2-19(25(29)30)16-18-12-14-22(15-13-18)27(17-21-10-6-7-11-23(21)26)24(28)20-8-4-3-5-9-20/h3-16H,2,17H2,1H3,(H,29,30)/b19-16+. The zero-order valence-electron chi connectivity index (χ0n) is 16.6. The van der Waals surface area contributed by atoms with Gasteiger partial charge in [-0.3, -0.25) is 4.79 Å². The summed E-state index contributed by atoms with van der Waals surface area (Å²) in [4.78, 5) is 26.2. The first-order valence-corrected chi connectivity index (χ1v) is 10.0. The molecular formula is C25H22ClNO3. The van der Waals surface area contributed by atoms with Crippen molar-refractivity contribution in [2.75, 3.05) is 4.90 Å². The van der Waals surface area contributed by atoms with Crippen molar-refractivity contribution in [2.45, 2.75) is 19.9 Å². The van der Waals surface area contributed by atoms with Crippen LogP contribution in [0.25, 0.3) is 6.08 Å². The van der Waals surface area contributed by atoms with E-state index >= 15 is 0 Å². The van der Waals surface area contributed by atoms with Crippen molar-refractivity contribution < 1.29 is 14.7 Å². The van der Waals surface area contributed by atoms with E-state index in [1.54, 1.807) is 36.1 Å². The molecule has 0 atom stereocenters. The molecule has 0 radical (unpaired) electrons. The van der Waals surface area contributed by atoms with Crippen LogP contribution in [-0.2, 0) is 11.3 Å². The minimum absolute atomic E-state index is 0.140. The molecule has 0 saturated carbocycles. The fraction of sp³-hybridized carbons (Fsp3) is 0.120. The van der Waals surface area contributed by atoms with Gasteiger partial charge in [-0.2, -0.15) is 0 Å². The summed E-state index contributed by atoms with van der Waals surface area (Å²) in [6.45, 7) is 2.12. The van der Waals surface area contributed by atoms with Crippen molar-refractivity contribution in [3.8, 4) is 0 Å². The molecular weight excluding hydrogens is 398 g/mol. The normalized spacial score (nSPS) is 11.2. The van der Waals surface area contributed by atoms with Gasteiger partial charge in [0.15, 0.2) is 0 Å². The molecule has 0 saturated heterocycles. The quantitative estimate of drug-likeness (QED) is 0.473. The van der Waals surface area contributed by atoms with E-state index in [-0.39, 0.29) is 5.91 Å². The Morgan fingerprint density at radius 2 is 1.57 bits per heavy atom. The summed E-state index contributed by atoms with van der Waals surface area (Å²) in [7, 11) is 0. The predicted octanol–water partition coefficient (Wildman–Crippen LogP) is 6.07. The number of hydrogen-bond acceptors (Lipinski definition) is 2. The van der Waals surface area contributed by atoms with E-state index < -0.39 is 5.97 Å². The minimum atomic E-state index is -0.929. The molecule has 0 bridgehead atoms. The highest BCUT2D eigenvalue weighted by molar-refractivity contribution is 6.31. The van der Waals surface area contributed by atoms with E-state index in [2.05, 4.69) is 0 Å². The number of nitrogens with zero attached hydrogens (tertiary/aromatic N) is 1. The average Bonchev–Trinajstić information content (AvgIpc) is 2.77. The van der Waals surface area contributed by atoms with Gasteiger partial charge >= 0.3 is 5.97 Å². The molecule has 3 aromatic carbocycles. The van der Waals surface area contributed by atoms with E-state index in [1.807, 2.05) is 60.7 Å². The molecule has 0 aliphatic heterocycles. The van der Waals surface area contributed by atoms with Crippen molar-refractivity contribution >= 4 is 35.2 Å². The van der Waals surface area contributed by atoms with Gasteiger partial charge < -0.3 is 10.0 Å². The number of amides is 1. The maximum atomic E-state index is 13.3. The number of carboxylic acid groups (broad SMARTS) is 1. The lowest BCUT2D eigenvalue weighted by molar-refractivity contribution is -0.132. The maximum absolute atomic E-state index is 13.3. The molecule has 0 spiro atoms. The molecule has 0 aromatic heterocycles. The smallest absolute Gasteiger partial charge is 0.331 e. The van der Waals surface area contributed by atoms with Gasteiger partial charge in [-0.25, -0.2) is 4.79 Å². The second-order valence-corrected chi connectivity index (χ2v) is 7.18. The van der Waals surface area contributed by atoms with Crippen LogP contribution in [0.4, 0.5) is 5.69 Å². The Kier molecular flexibility index (Phi) is 7.04. The lowest BCUT2D eigenvalue weighted by Crippen LogP contribution is -2.30. The van der Waals surface area contributed by atoms with Crippen LogP contribution in [0, 0.1) is 0 Å². The summed E-state index contributed by atoms with van der Waals surface area (Å²) < 4.78 is 0. The lowest BCUT2D eigenvalue weighted by Gasteiger charge is -2.24. The van der Waals surface area contributed by atoms with Gasteiger partial charge in [-0.1, -0.05) is 67.1 Å². The molecule has 0 unspecified atom stereocenters. The second kappa shape index (κ2) is 9.90. The Morgan fingerprint density at radius 1 is 0.933 bits per heavy atom. The molecule has 5 heteroatoms. The Labute approximate surface area is 181 Å². The Bertz CT molecular complexity index is 1060. The highest BCUT2D eigenvalue weighted by Gasteiger charge is 2.19. The van der Waals surface area contributed by atoms with Gasteiger partial charge in [0.05, 0.1) is 6.54 Å². The number of hydrogen-bond donors (Lipinski definition) is 1. The SMILES string of the molecule is CC/C(=C\c1ccc(N(Cc2ccccc2Cl)C(=O)c2ccccc2)cc1)C(=O)O. The number of carbonyl (C=O) groups excluding carboxylic acids is 1. The first kappa shape index (κ1) is 21.3. The van der Waals surface area contributed by atoms with Gasteiger partial charge in [0, 0.05) is 21.8 Å². The third kappa shape index (κ3) is 5.16. The molecule has 152 valence electrons. The van der Waals surface area contributed by atoms with Gasteiger partial charge in [-0.15, -0.1) is 0 Å². The molecule has 0 aliphatic carbocycles. The Morgan fingerprint density at radius 3 is 2.17 bits per heavy atom. The minimum Gasteiger partial charge on any atom is -0.478 e. The molecule has 0 heterocycles. The van der Waals surface area contributed by atoms with E-state index in [9.17, 15) is 14.7 Å². The van der Waals surface area contributed by atoms with Crippen molar-refractivity contribution in [3.63, 3.8) is 0 Å². The molecule has 1 N–H and O–H groups in total. The molecule has 0 fully saturated rings. The number of rotatable bonds is 7. The number of aliphatic carboxylic acids is 1. The van der Waals surface area contributed by atoms with Crippen LogP contribution in [0.3, 0.4) is 0 Å². The van der Waals surface area contributed by atoms with Crippen molar-refractivity contribution in [3.05, 3.63) is 106 Å². The summed E-state index contributed by atoms with van der Waals surface area (Å²) in [6, 6.07) is 23.8. The fourth-order valence-corrected chi connectivity index (χ4v) is 3.28. The van der Waals surface area contributed by atoms with Crippen LogP contribution in [0.1, 0.15) is 34.8 Å². The number of carboxylic acids is 1. The Balaban J connectivity index is 1.96. The number of benzene rings is 3. The Hall–Kier alpha value is -3.37. The van der Waals surface area contributed by atoms with Crippen LogP contribution in [0.15, 0.2) is 84.4 Å². The first-order chi connectivity index (χ1) is 14.5. The fourth-order valence-electron chi connectivity index (χ4n) is 3.08. The summed E-state index contributed by atoms with van der Waals surface area (Å²) in [6.07, 6.45) is 2.08. The van der Waals surface area contributed by atoms with E-state index in [0.717, 1.165) is 11.1 Å². The third-order valence-corrected chi connectivity index (χ3v) is 5.12. The molecule has 4 nitrogen and oxygen atoms in total.